The average molecular weight is 375 g/mol. The molecule has 4 fully saturated rings. The number of rotatable bonds is 4. The molecule has 0 amide bonds. The third kappa shape index (κ3) is 3.27. The van der Waals surface area contributed by atoms with Gasteiger partial charge in [-0.2, -0.15) is 0 Å². The van der Waals surface area contributed by atoms with Gasteiger partial charge in [-0.1, -0.05) is 40.0 Å². The molecule has 0 aromatic carbocycles. The molecule has 4 rings (SSSR count). The van der Waals surface area contributed by atoms with Crippen molar-refractivity contribution in [2.75, 3.05) is 0 Å². The van der Waals surface area contributed by atoms with Crippen LogP contribution in [0, 0.1) is 46.3 Å². The van der Waals surface area contributed by atoms with Gasteiger partial charge in [0, 0.05) is 6.42 Å². The Labute approximate surface area is 166 Å². The van der Waals surface area contributed by atoms with Crippen LogP contribution in [0.4, 0.5) is 0 Å². The van der Waals surface area contributed by atoms with Crippen molar-refractivity contribution in [3.05, 3.63) is 0 Å². The van der Waals surface area contributed by atoms with E-state index < -0.39 is 5.97 Å². The number of hydrogen-bond donors (Lipinski definition) is 1. The Balaban J connectivity index is 1.54. The molecule has 0 heterocycles. The van der Waals surface area contributed by atoms with Crippen molar-refractivity contribution in [2.24, 2.45) is 46.3 Å². The van der Waals surface area contributed by atoms with Crippen molar-refractivity contribution in [3.8, 4) is 0 Å². The molecule has 0 spiro atoms. The first-order chi connectivity index (χ1) is 12.9. The largest absolute Gasteiger partial charge is 0.481 e. The SMILES string of the molecule is CC(CCC(=O)O)C1CCCC2C3CCC4CCCCC4(C)C3CCC12C. The minimum absolute atomic E-state index is 0.351. The molecule has 154 valence electrons. The van der Waals surface area contributed by atoms with Crippen LogP contribution in [0.2, 0.25) is 0 Å². The lowest BCUT2D eigenvalue weighted by Crippen LogP contribution is -2.56. The molecule has 4 saturated carbocycles. The van der Waals surface area contributed by atoms with Gasteiger partial charge in [0.15, 0.2) is 0 Å². The second kappa shape index (κ2) is 7.38. The molecular formula is C25H42O2. The van der Waals surface area contributed by atoms with Crippen molar-refractivity contribution in [3.63, 3.8) is 0 Å². The number of hydrogen-bond acceptors (Lipinski definition) is 1. The topological polar surface area (TPSA) is 37.3 Å². The van der Waals surface area contributed by atoms with E-state index in [1.54, 1.807) is 0 Å². The van der Waals surface area contributed by atoms with Crippen LogP contribution in [-0.4, -0.2) is 11.1 Å². The Morgan fingerprint density at radius 2 is 1.70 bits per heavy atom. The van der Waals surface area contributed by atoms with Crippen molar-refractivity contribution in [1.29, 1.82) is 0 Å². The van der Waals surface area contributed by atoms with Gasteiger partial charge in [0.05, 0.1) is 0 Å². The summed E-state index contributed by atoms with van der Waals surface area (Å²) in [7, 11) is 0. The summed E-state index contributed by atoms with van der Waals surface area (Å²) < 4.78 is 0. The van der Waals surface area contributed by atoms with Crippen LogP contribution in [0.25, 0.3) is 0 Å². The average Bonchev–Trinajstić information content (AvgIpc) is 2.64. The molecule has 0 aromatic heterocycles. The Hall–Kier alpha value is -0.530. The van der Waals surface area contributed by atoms with E-state index in [1.807, 2.05) is 0 Å². The molecule has 0 saturated heterocycles. The number of carboxylic acids is 1. The van der Waals surface area contributed by atoms with Gasteiger partial charge in [-0.05, 0) is 104 Å². The van der Waals surface area contributed by atoms with Gasteiger partial charge in [0.2, 0.25) is 0 Å². The zero-order valence-corrected chi connectivity index (χ0v) is 18.0. The van der Waals surface area contributed by atoms with Crippen LogP contribution in [0.15, 0.2) is 0 Å². The highest BCUT2D eigenvalue weighted by molar-refractivity contribution is 5.66. The van der Waals surface area contributed by atoms with Gasteiger partial charge in [0.1, 0.15) is 0 Å². The molecular weight excluding hydrogens is 332 g/mol. The van der Waals surface area contributed by atoms with Crippen molar-refractivity contribution >= 4 is 5.97 Å². The fraction of sp³-hybridized carbons (Fsp3) is 0.960. The molecule has 27 heavy (non-hydrogen) atoms. The third-order valence-corrected chi connectivity index (χ3v) is 10.4. The van der Waals surface area contributed by atoms with Crippen molar-refractivity contribution in [2.45, 2.75) is 104 Å². The summed E-state index contributed by atoms with van der Waals surface area (Å²) in [6, 6.07) is 0. The molecule has 2 heteroatoms. The zero-order valence-electron chi connectivity index (χ0n) is 18.0. The van der Waals surface area contributed by atoms with Gasteiger partial charge in [0.25, 0.3) is 0 Å². The molecule has 1 N–H and O–H groups in total. The molecule has 8 unspecified atom stereocenters. The summed E-state index contributed by atoms with van der Waals surface area (Å²) in [6.45, 7) is 7.64. The first-order valence-corrected chi connectivity index (χ1v) is 12.1. The van der Waals surface area contributed by atoms with Crippen molar-refractivity contribution in [1.82, 2.24) is 0 Å². The van der Waals surface area contributed by atoms with Crippen LogP contribution >= 0.6 is 0 Å². The highest BCUT2D eigenvalue weighted by atomic mass is 16.4. The van der Waals surface area contributed by atoms with E-state index in [1.165, 1.54) is 70.6 Å². The van der Waals surface area contributed by atoms with E-state index in [0.29, 0.717) is 23.2 Å². The summed E-state index contributed by atoms with van der Waals surface area (Å²) in [5, 5.41) is 9.15. The minimum atomic E-state index is -0.619. The van der Waals surface area contributed by atoms with E-state index in [4.69, 9.17) is 5.11 Å². The van der Waals surface area contributed by atoms with Gasteiger partial charge in [-0.25, -0.2) is 0 Å². The normalized spacial score (nSPS) is 48.0. The quantitative estimate of drug-likeness (QED) is 0.579. The predicted molar refractivity (Wildman–Crippen MR) is 110 cm³/mol. The molecule has 8 atom stereocenters. The summed E-state index contributed by atoms with van der Waals surface area (Å²) >= 11 is 0. The maximum absolute atomic E-state index is 11.1. The highest BCUT2D eigenvalue weighted by Gasteiger charge is 2.58. The van der Waals surface area contributed by atoms with Crippen LogP contribution in [-0.2, 0) is 4.79 Å². The summed E-state index contributed by atoms with van der Waals surface area (Å²) in [5.41, 5.74) is 1.10. The Kier molecular flexibility index (Phi) is 5.40. The molecule has 0 bridgehead atoms. The van der Waals surface area contributed by atoms with E-state index >= 15 is 0 Å². The lowest BCUT2D eigenvalue weighted by molar-refractivity contribution is -0.149. The molecule has 4 aliphatic rings. The van der Waals surface area contributed by atoms with Crippen LogP contribution in [0.5, 0.6) is 0 Å². The fourth-order valence-corrected chi connectivity index (χ4v) is 9.02. The summed E-state index contributed by atoms with van der Waals surface area (Å²) in [4.78, 5) is 11.1. The second-order valence-electron chi connectivity index (χ2n) is 11.4. The van der Waals surface area contributed by atoms with Crippen LogP contribution < -0.4 is 0 Å². The third-order valence-electron chi connectivity index (χ3n) is 10.4. The van der Waals surface area contributed by atoms with E-state index in [-0.39, 0.29) is 0 Å². The van der Waals surface area contributed by atoms with Gasteiger partial charge in [-0.3, -0.25) is 4.79 Å². The van der Waals surface area contributed by atoms with E-state index in [9.17, 15) is 4.79 Å². The maximum atomic E-state index is 11.1. The lowest BCUT2D eigenvalue weighted by atomic mass is 9.41. The standard InChI is InChI=1S/C25H42O2/c1-17(10-13-23(26)27)20-8-6-9-21-19-12-11-18-7-4-5-15-24(18,2)22(19)14-16-25(20,21)3/h17-22H,4-16H2,1-3H3,(H,26,27). The van der Waals surface area contributed by atoms with Gasteiger partial charge >= 0.3 is 5.97 Å². The molecule has 2 nitrogen and oxygen atoms in total. The lowest BCUT2D eigenvalue weighted by Gasteiger charge is -2.64. The van der Waals surface area contributed by atoms with Crippen LogP contribution in [0.1, 0.15) is 104 Å². The van der Waals surface area contributed by atoms with Crippen LogP contribution in [0.3, 0.4) is 0 Å². The molecule has 0 radical (unpaired) electrons. The van der Waals surface area contributed by atoms with Gasteiger partial charge in [-0.15, -0.1) is 0 Å². The minimum Gasteiger partial charge on any atom is -0.481 e. The fourth-order valence-electron chi connectivity index (χ4n) is 9.02. The smallest absolute Gasteiger partial charge is 0.303 e. The first-order valence-electron chi connectivity index (χ1n) is 12.1. The second-order valence-corrected chi connectivity index (χ2v) is 11.4. The Morgan fingerprint density at radius 3 is 2.48 bits per heavy atom. The predicted octanol–water partition coefficient (Wildman–Crippen LogP) is 6.93. The number of aliphatic carboxylic acids is 1. The van der Waals surface area contributed by atoms with Crippen molar-refractivity contribution < 1.29 is 9.90 Å². The Bertz CT molecular complexity index is 557. The van der Waals surface area contributed by atoms with E-state index in [2.05, 4.69) is 20.8 Å². The maximum Gasteiger partial charge on any atom is 0.303 e. The summed E-state index contributed by atoms with van der Waals surface area (Å²) in [6.07, 6.45) is 17.1. The van der Waals surface area contributed by atoms with E-state index in [0.717, 1.165) is 36.0 Å². The Morgan fingerprint density at radius 1 is 0.926 bits per heavy atom. The number of carboxylic acid groups (broad SMARTS) is 1. The number of fused-ring (bicyclic) bond motifs is 5. The molecule has 4 aliphatic carbocycles. The molecule has 0 aliphatic heterocycles. The zero-order chi connectivity index (χ0) is 19.2. The highest BCUT2D eigenvalue weighted by Crippen LogP contribution is 2.67. The first kappa shape index (κ1) is 19.8. The molecule has 0 aromatic rings. The number of carbonyl (C=O) groups is 1. The van der Waals surface area contributed by atoms with Gasteiger partial charge < -0.3 is 5.11 Å². The monoisotopic (exact) mass is 374 g/mol. The summed E-state index contributed by atoms with van der Waals surface area (Å²) in [5.74, 6) is 4.53.